The molecule has 3 N–H and O–H groups in total. The van der Waals surface area contributed by atoms with Crippen LogP contribution in [-0.4, -0.2) is 23.0 Å². The highest BCUT2D eigenvalue weighted by atomic mass is 16.5. The van der Waals surface area contributed by atoms with Crippen molar-refractivity contribution in [3.8, 4) is 5.88 Å². The fourth-order valence-corrected chi connectivity index (χ4v) is 1.44. The lowest BCUT2D eigenvalue weighted by Gasteiger charge is -2.08. The van der Waals surface area contributed by atoms with Gasteiger partial charge in [-0.3, -0.25) is 4.79 Å². The molecular weight excluding hydrogens is 232 g/mol. The van der Waals surface area contributed by atoms with Gasteiger partial charge in [-0.25, -0.2) is 4.98 Å². The predicted molar refractivity (Wildman–Crippen MR) is 66.8 cm³/mol. The van der Waals surface area contributed by atoms with E-state index in [-0.39, 0.29) is 5.69 Å². The zero-order valence-corrected chi connectivity index (χ0v) is 9.75. The van der Waals surface area contributed by atoms with Crippen molar-refractivity contribution in [2.24, 2.45) is 5.73 Å². The Labute approximate surface area is 104 Å². The average Bonchev–Trinajstić information content (AvgIpc) is 2.39. The Balaban J connectivity index is 2.31. The number of amides is 1. The number of methoxy groups -OCH3 is 1. The van der Waals surface area contributed by atoms with E-state index in [1.165, 1.54) is 13.3 Å². The van der Waals surface area contributed by atoms with Crippen LogP contribution in [0.25, 0.3) is 0 Å². The summed E-state index contributed by atoms with van der Waals surface area (Å²) in [4.78, 5) is 19.3. The standard InChI is InChI=1S/C12H12N4O2/c1-18-10-6-2-5-9(16-10)15-8-4-3-7-14-11(8)12(13)17/h2-7H,1H3,(H2,13,17)(H,15,16). The number of hydrogen-bond donors (Lipinski definition) is 2. The summed E-state index contributed by atoms with van der Waals surface area (Å²) < 4.78 is 5.01. The number of aromatic nitrogens is 2. The Morgan fingerprint density at radius 2 is 2.17 bits per heavy atom. The van der Waals surface area contributed by atoms with E-state index >= 15 is 0 Å². The molecule has 0 radical (unpaired) electrons. The zero-order chi connectivity index (χ0) is 13.0. The maximum Gasteiger partial charge on any atom is 0.269 e. The van der Waals surface area contributed by atoms with E-state index in [1.54, 1.807) is 30.3 Å². The van der Waals surface area contributed by atoms with Gasteiger partial charge < -0.3 is 15.8 Å². The number of rotatable bonds is 4. The number of carbonyl (C=O) groups is 1. The Hall–Kier alpha value is -2.63. The second-order valence-corrected chi connectivity index (χ2v) is 3.45. The van der Waals surface area contributed by atoms with Gasteiger partial charge in [0.25, 0.3) is 5.91 Å². The fraction of sp³-hybridized carbons (Fsp3) is 0.0833. The third-order valence-electron chi connectivity index (χ3n) is 2.24. The van der Waals surface area contributed by atoms with Gasteiger partial charge in [-0.2, -0.15) is 4.98 Å². The molecule has 0 aliphatic carbocycles. The monoisotopic (exact) mass is 244 g/mol. The molecule has 2 aromatic rings. The predicted octanol–water partition coefficient (Wildman–Crippen LogP) is 1.33. The highest BCUT2D eigenvalue weighted by molar-refractivity contribution is 5.96. The number of anilines is 2. The van der Waals surface area contributed by atoms with Crippen LogP contribution in [0.1, 0.15) is 10.5 Å². The Morgan fingerprint density at radius 1 is 1.33 bits per heavy atom. The van der Waals surface area contributed by atoms with Crippen molar-refractivity contribution in [2.45, 2.75) is 0 Å². The summed E-state index contributed by atoms with van der Waals surface area (Å²) in [5, 5.41) is 2.97. The minimum absolute atomic E-state index is 0.169. The molecule has 2 aromatic heterocycles. The lowest BCUT2D eigenvalue weighted by molar-refractivity contribution is 0.0996. The summed E-state index contributed by atoms with van der Waals surface area (Å²) in [5.41, 5.74) is 5.91. The molecule has 0 saturated heterocycles. The van der Waals surface area contributed by atoms with Crippen LogP contribution in [-0.2, 0) is 0 Å². The summed E-state index contributed by atoms with van der Waals surface area (Å²) >= 11 is 0. The number of pyridine rings is 2. The summed E-state index contributed by atoms with van der Waals surface area (Å²) in [6.07, 6.45) is 1.50. The molecule has 92 valence electrons. The largest absolute Gasteiger partial charge is 0.481 e. The van der Waals surface area contributed by atoms with Crippen LogP contribution in [0.3, 0.4) is 0 Å². The van der Waals surface area contributed by atoms with Crippen LogP contribution < -0.4 is 15.8 Å². The minimum Gasteiger partial charge on any atom is -0.481 e. The van der Waals surface area contributed by atoms with Crippen molar-refractivity contribution >= 4 is 17.4 Å². The highest BCUT2D eigenvalue weighted by Crippen LogP contribution is 2.19. The van der Waals surface area contributed by atoms with E-state index < -0.39 is 5.91 Å². The second kappa shape index (κ2) is 5.13. The van der Waals surface area contributed by atoms with Crippen LogP contribution in [0.2, 0.25) is 0 Å². The van der Waals surface area contributed by atoms with Gasteiger partial charge in [-0.1, -0.05) is 6.07 Å². The summed E-state index contributed by atoms with van der Waals surface area (Å²) in [6.45, 7) is 0. The van der Waals surface area contributed by atoms with Crippen molar-refractivity contribution in [1.29, 1.82) is 0 Å². The lowest BCUT2D eigenvalue weighted by Crippen LogP contribution is -2.15. The number of carbonyl (C=O) groups excluding carboxylic acids is 1. The number of primary amides is 1. The maximum atomic E-state index is 11.2. The van der Waals surface area contributed by atoms with E-state index in [0.29, 0.717) is 17.4 Å². The zero-order valence-electron chi connectivity index (χ0n) is 9.75. The van der Waals surface area contributed by atoms with Gasteiger partial charge >= 0.3 is 0 Å². The van der Waals surface area contributed by atoms with Gasteiger partial charge in [-0.15, -0.1) is 0 Å². The molecule has 1 amide bonds. The molecule has 2 rings (SSSR count). The molecule has 0 aromatic carbocycles. The van der Waals surface area contributed by atoms with Crippen LogP contribution in [0.4, 0.5) is 11.5 Å². The van der Waals surface area contributed by atoms with Crippen molar-refractivity contribution in [2.75, 3.05) is 12.4 Å². The molecule has 0 unspecified atom stereocenters. The fourth-order valence-electron chi connectivity index (χ4n) is 1.44. The summed E-state index contributed by atoms with van der Waals surface area (Å²) in [5.74, 6) is 0.426. The van der Waals surface area contributed by atoms with E-state index in [2.05, 4.69) is 15.3 Å². The third-order valence-corrected chi connectivity index (χ3v) is 2.24. The third kappa shape index (κ3) is 2.54. The van der Waals surface area contributed by atoms with E-state index in [1.807, 2.05) is 0 Å². The molecule has 0 fully saturated rings. The first-order chi connectivity index (χ1) is 8.70. The van der Waals surface area contributed by atoms with Crippen molar-refractivity contribution < 1.29 is 9.53 Å². The van der Waals surface area contributed by atoms with Crippen LogP contribution >= 0.6 is 0 Å². The highest BCUT2D eigenvalue weighted by Gasteiger charge is 2.09. The summed E-state index contributed by atoms with van der Waals surface area (Å²) in [6, 6.07) is 8.67. The molecule has 0 aliphatic heterocycles. The number of nitrogens with two attached hydrogens (primary N) is 1. The topological polar surface area (TPSA) is 90.1 Å². The normalized spacial score (nSPS) is 9.83. The van der Waals surface area contributed by atoms with Gasteiger partial charge in [0.05, 0.1) is 12.8 Å². The molecule has 0 saturated carbocycles. The second-order valence-electron chi connectivity index (χ2n) is 3.45. The van der Waals surface area contributed by atoms with Crippen LogP contribution in [0.15, 0.2) is 36.5 Å². The molecule has 6 nitrogen and oxygen atoms in total. The first-order valence-corrected chi connectivity index (χ1v) is 5.23. The molecular formula is C12H12N4O2. The molecule has 0 atom stereocenters. The lowest BCUT2D eigenvalue weighted by atomic mass is 10.3. The smallest absolute Gasteiger partial charge is 0.269 e. The average molecular weight is 244 g/mol. The van der Waals surface area contributed by atoms with E-state index in [0.717, 1.165) is 0 Å². The summed E-state index contributed by atoms with van der Waals surface area (Å²) in [7, 11) is 1.53. The number of hydrogen-bond acceptors (Lipinski definition) is 5. The number of nitrogens with zero attached hydrogens (tertiary/aromatic N) is 2. The number of ether oxygens (including phenoxy) is 1. The van der Waals surface area contributed by atoms with Gasteiger partial charge in [0, 0.05) is 12.3 Å². The van der Waals surface area contributed by atoms with Crippen molar-refractivity contribution in [3.05, 3.63) is 42.2 Å². The maximum absolute atomic E-state index is 11.2. The molecule has 0 spiro atoms. The first kappa shape index (κ1) is 11.8. The Bertz CT molecular complexity index is 572. The molecule has 2 heterocycles. The van der Waals surface area contributed by atoms with Crippen molar-refractivity contribution in [3.63, 3.8) is 0 Å². The van der Waals surface area contributed by atoms with E-state index in [4.69, 9.17) is 10.5 Å². The Morgan fingerprint density at radius 3 is 2.89 bits per heavy atom. The SMILES string of the molecule is COc1cccc(Nc2cccnc2C(N)=O)n1. The van der Waals surface area contributed by atoms with Gasteiger partial charge in [0.1, 0.15) is 5.82 Å². The van der Waals surface area contributed by atoms with Gasteiger partial charge in [0.2, 0.25) is 5.88 Å². The first-order valence-electron chi connectivity index (χ1n) is 5.23. The van der Waals surface area contributed by atoms with Crippen LogP contribution in [0, 0.1) is 0 Å². The van der Waals surface area contributed by atoms with Crippen molar-refractivity contribution in [1.82, 2.24) is 9.97 Å². The van der Waals surface area contributed by atoms with Crippen LogP contribution in [0.5, 0.6) is 5.88 Å². The van der Waals surface area contributed by atoms with E-state index in [9.17, 15) is 4.79 Å². The van der Waals surface area contributed by atoms with Gasteiger partial charge in [0.15, 0.2) is 5.69 Å². The minimum atomic E-state index is -0.596. The molecule has 0 bridgehead atoms. The quantitative estimate of drug-likeness (QED) is 0.846. The number of nitrogens with one attached hydrogen (secondary N) is 1. The molecule has 18 heavy (non-hydrogen) atoms. The van der Waals surface area contributed by atoms with Gasteiger partial charge in [-0.05, 0) is 18.2 Å². The molecule has 6 heteroatoms. The molecule has 0 aliphatic rings. The Kier molecular flexibility index (Phi) is 3.38.